The van der Waals surface area contributed by atoms with E-state index in [0.29, 0.717) is 19.3 Å². The van der Waals surface area contributed by atoms with E-state index in [9.17, 15) is 22.8 Å². The first-order valence-corrected chi connectivity index (χ1v) is 20.0. The van der Waals surface area contributed by atoms with E-state index >= 15 is 4.39 Å². The SMILES string of the molecule is O=C(O)CCCCCCC/C=C\CCCCCCCCC1C=C(F)C(F)=C(F)C1(F)CCCCCCCC/C=C\CCCCCCCC(=O)O. The van der Waals surface area contributed by atoms with Gasteiger partial charge in [0.1, 0.15) is 0 Å². The molecular formula is C42H68F4O4. The number of carboxylic acids is 2. The lowest BCUT2D eigenvalue weighted by Gasteiger charge is -2.33. The summed E-state index contributed by atoms with van der Waals surface area (Å²) in [4.78, 5) is 21.0. The molecule has 2 atom stereocenters. The standard InChI is InChI=1S/C42H68F4O4/c43-37-35-36(31-27-23-19-15-11-7-3-1-4-8-12-16-20-24-28-32-38(47)48)42(46,41(45)40(37)44)34-30-26-22-18-14-10-6-2-5-9-13-17-21-25-29-33-39(49)50/h1-2,4-5,35-36H,3,6-34H2,(H,47,48)(H,49,50)/b4-1-,5-2-. The molecule has 0 fully saturated rings. The van der Waals surface area contributed by atoms with Crippen molar-refractivity contribution in [3.63, 3.8) is 0 Å². The van der Waals surface area contributed by atoms with Crippen molar-refractivity contribution < 1.29 is 37.4 Å². The minimum Gasteiger partial charge on any atom is -0.481 e. The fourth-order valence-corrected chi connectivity index (χ4v) is 6.73. The third kappa shape index (κ3) is 23.2. The number of hydrogen-bond acceptors (Lipinski definition) is 2. The van der Waals surface area contributed by atoms with Crippen LogP contribution in [0.25, 0.3) is 0 Å². The Morgan fingerprint density at radius 1 is 0.540 bits per heavy atom. The molecule has 2 N–H and O–H groups in total. The highest BCUT2D eigenvalue weighted by molar-refractivity contribution is 5.66. The van der Waals surface area contributed by atoms with Crippen LogP contribution in [0.3, 0.4) is 0 Å². The normalized spacial score (nSPS) is 18.1. The van der Waals surface area contributed by atoms with Crippen molar-refractivity contribution in [1.29, 1.82) is 0 Å². The molecule has 0 saturated heterocycles. The van der Waals surface area contributed by atoms with E-state index < -0.39 is 41.0 Å². The fraction of sp³-hybridized carbons (Fsp3) is 0.762. The first-order valence-electron chi connectivity index (χ1n) is 20.0. The summed E-state index contributed by atoms with van der Waals surface area (Å²) in [7, 11) is 0. The number of aliphatic carboxylic acids is 2. The molecule has 0 amide bonds. The van der Waals surface area contributed by atoms with Gasteiger partial charge in [-0.25, -0.2) is 17.6 Å². The van der Waals surface area contributed by atoms with E-state index in [-0.39, 0.29) is 19.3 Å². The van der Waals surface area contributed by atoms with Crippen LogP contribution in [0.5, 0.6) is 0 Å². The minimum absolute atomic E-state index is 0.122. The maximum atomic E-state index is 15.9. The number of rotatable bonds is 34. The predicted octanol–water partition coefficient (Wildman–Crippen LogP) is 14.3. The van der Waals surface area contributed by atoms with Crippen molar-refractivity contribution in [2.45, 2.75) is 198 Å². The van der Waals surface area contributed by atoms with Gasteiger partial charge in [0, 0.05) is 18.8 Å². The van der Waals surface area contributed by atoms with Crippen molar-refractivity contribution in [3.8, 4) is 0 Å². The zero-order valence-electron chi connectivity index (χ0n) is 30.9. The Balaban J connectivity index is 2.13. The summed E-state index contributed by atoms with van der Waals surface area (Å²) in [6.45, 7) is 0. The van der Waals surface area contributed by atoms with Gasteiger partial charge in [-0.1, -0.05) is 121 Å². The average molecular weight is 713 g/mol. The zero-order chi connectivity index (χ0) is 36.7. The molecule has 0 bridgehead atoms. The van der Waals surface area contributed by atoms with Gasteiger partial charge in [0.05, 0.1) is 0 Å². The first kappa shape index (κ1) is 45.6. The van der Waals surface area contributed by atoms with Gasteiger partial charge in [0.2, 0.25) is 0 Å². The summed E-state index contributed by atoms with van der Waals surface area (Å²) in [5, 5.41) is 17.3. The fourth-order valence-electron chi connectivity index (χ4n) is 6.73. The molecule has 288 valence electrons. The second-order valence-electron chi connectivity index (χ2n) is 14.3. The van der Waals surface area contributed by atoms with E-state index in [4.69, 9.17) is 10.2 Å². The van der Waals surface area contributed by atoms with Crippen molar-refractivity contribution in [1.82, 2.24) is 0 Å². The maximum Gasteiger partial charge on any atom is 0.303 e. The number of alkyl halides is 1. The predicted molar refractivity (Wildman–Crippen MR) is 198 cm³/mol. The Labute approximate surface area is 301 Å². The summed E-state index contributed by atoms with van der Waals surface area (Å²) in [6, 6.07) is 0. The van der Waals surface area contributed by atoms with Crippen molar-refractivity contribution in [3.05, 3.63) is 47.9 Å². The molecule has 0 spiro atoms. The average Bonchev–Trinajstić information content (AvgIpc) is 3.08. The van der Waals surface area contributed by atoms with E-state index in [1.165, 1.54) is 0 Å². The largest absolute Gasteiger partial charge is 0.481 e. The second-order valence-corrected chi connectivity index (χ2v) is 14.3. The molecule has 1 aliphatic carbocycles. The Morgan fingerprint density at radius 3 is 1.28 bits per heavy atom. The molecule has 0 aromatic rings. The highest BCUT2D eigenvalue weighted by Gasteiger charge is 2.47. The minimum atomic E-state index is -2.46. The molecule has 1 rings (SSSR count). The molecule has 2 unspecified atom stereocenters. The molecule has 0 aromatic heterocycles. The summed E-state index contributed by atoms with van der Waals surface area (Å²) in [5.74, 6) is -6.91. The quantitative estimate of drug-likeness (QED) is 0.0396. The highest BCUT2D eigenvalue weighted by atomic mass is 19.2. The maximum absolute atomic E-state index is 15.9. The van der Waals surface area contributed by atoms with Gasteiger partial charge >= 0.3 is 11.9 Å². The smallest absolute Gasteiger partial charge is 0.303 e. The molecule has 1 aliphatic rings. The third-order valence-corrected chi connectivity index (χ3v) is 9.86. The van der Waals surface area contributed by atoms with Crippen LogP contribution in [0, 0.1) is 5.92 Å². The number of carbonyl (C=O) groups is 2. The van der Waals surface area contributed by atoms with Crippen LogP contribution >= 0.6 is 0 Å². The third-order valence-electron chi connectivity index (χ3n) is 9.86. The summed E-state index contributed by atoms with van der Waals surface area (Å²) >= 11 is 0. The lowest BCUT2D eigenvalue weighted by molar-refractivity contribution is -0.138. The Bertz CT molecular complexity index is 1020. The number of allylic oxidation sites excluding steroid dienone is 8. The molecule has 0 aromatic carbocycles. The van der Waals surface area contributed by atoms with Crippen LogP contribution in [-0.2, 0) is 9.59 Å². The van der Waals surface area contributed by atoms with Gasteiger partial charge < -0.3 is 10.2 Å². The number of carboxylic acid groups (broad SMARTS) is 2. The molecule has 4 nitrogen and oxygen atoms in total. The van der Waals surface area contributed by atoms with Crippen LogP contribution in [0.15, 0.2) is 47.9 Å². The van der Waals surface area contributed by atoms with E-state index in [1.54, 1.807) is 0 Å². The highest BCUT2D eigenvalue weighted by Crippen LogP contribution is 2.47. The molecule has 0 saturated carbocycles. The second kappa shape index (κ2) is 30.3. The van der Waals surface area contributed by atoms with Gasteiger partial charge in [-0.15, -0.1) is 0 Å². The molecular weight excluding hydrogens is 644 g/mol. The van der Waals surface area contributed by atoms with Gasteiger partial charge in [-0.2, -0.15) is 0 Å². The van der Waals surface area contributed by atoms with Crippen molar-refractivity contribution >= 4 is 11.9 Å². The summed E-state index contributed by atoms with van der Waals surface area (Å²) in [6.07, 6.45) is 36.1. The van der Waals surface area contributed by atoms with Gasteiger partial charge in [0.15, 0.2) is 23.1 Å². The van der Waals surface area contributed by atoms with E-state index in [2.05, 4.69) is 24.3 Å². The lowest BCUT2D eigenvalue weighted by Crippen LogP contribution is -2.36. The topological polar surface area (TPSA) is 74.6 Å². The van der Waals surface area contributed by atoms with Crippen LogP contribution in [0.2, 0.25) is 0 Å². The monoisotopic (exact) mass is 713 g/mol. The van der Waals surface area contributed by atoms with E-state index in [1.807, 2.05) is 0 Å². The Morgan fingerprint density at radius 2 is 0.880 bits per heavy atom. The van der Waals surface area contributed by atoms with Crippen LogP contribution in [0.4, 0.5) is 17.6 Å². The van der Waals surface area contributed by atoms with Gasteiger partial charge in [-0.05, 0) is 89.5 Å². The van der Waals surface area contributed by atoms with E-state index in [0.717, 1.165) is 160 Å². The van der Waals surface area contributed by atoms with Crippen LogP contribution in [0.1, 0.15) is 193 Å². The van der Waals surface area contributed by atoms with Gasteiger partial charge in [0.25, 0.3) is 0 Å². The van der Waals surface area contributed by atoms with Crippen molar-refractivity contribution in [2.75, 3.05) is 0 Å². The number of halogens is 4. The molecule has 50 heavy (non-hydrogen) atoms. The Hall–Kier alpha value is -2.38. The van der Waals surface area contributed by atoms with Crippen LogP contribution in [-0.4, -0.2) is 27.8 Å². The first-order chi connectivity index (χ1) is 24.2. The zero-order valence-corrected chi connectivity index (χ0v) is 30.9. The van der Waals surface area contributed by atoms with Gasteiger partial charge in [-0.3, -0.25) is 9.59 Å². The summed E-state index contributed by atoms with van der Waals surface area (Å²) in [5.41, 5.74) is -2.46. The molecule has 0 aliphatic heterocycles. The van der Waals surface area contributed by atoms with Crippen LogP contribution < -0.4 is 0 Å². The lowest BCUT2D eigenvalue weighted by atomic mass is 9.77. The number of unbranched alkanes of at least 4 members (excludes halogenated alkanes) is 22. The number of hydrogen-bond donors (Lipinski definition) is 2. The molecule has 0 radical (unpaired) electrons. The van der Waals surface area contributed by atoms with Crippen molar-refractivity contribution in [2.24, 2.45) is 5.92 Å². The molecule has 0 heterocycles. The summed E-state index contributed by atoms with van der Waals surface area (Å²) < 4.78 is 58.9. The molecule has 8 heteroatoms. The Kier molecular flexibility index (Phi) is 27.6.